The van der Waals surface area contributed by atoms with Gasteiger partial charge in [0.2, 0.25) is 5.89 Å². The van der Waals surface area contributed by atoms with Gasteiger partial charge in [0.15, 0.2) is 5.82 Å². The number of likely N-dealkylation sites (N-methyl/N-ethyl adjacent to an activating group) is 1. The first-order valence-electron chi connectivity index (χ1n) is 8.40. The number of hydrogen-bond donors (Lipinski definition) is 1. The van der Waals surface area contributed by atoms with Crippen LogP contribution in [-0.4, -0.2) is 34.0 Å². The number of carbonyl (C=O) groups excluding carboxylic acids is 1. The van der Waals surface area contributed by atoms with Crippen molar-refractivity contribution in [1.82, 2.24) is 20.4 Å². The zero-order valence-corrected chi connectivity index (χ0v) is 14.6. The molecule has 3 rings (SSSR count). The van der Waals surface area contributed by atoms with Crippen molar-refractivity contribution in [2.75, 3.05) is 7.05 Å². The first-order chi connectivity index (χ1) is 11.5. The highest BCUT2D eigenvalue weighted by Crippen LogP contribution is 2.35. The van der Waals surface area contributed by atoms with Crippen molar-refractivity contribution in [2.45, 2.75) is 45.8 Å². The lowest BCUT2D eigenvalue weighted by molar-refractivity contribution is 0.0596. The van der Waals surface area contributed by atoms with Crippen molar-refractivity contribution in [3.05, 3.63) is 47.1 Å². The Labute approximate surface area is 142 Å². The Hall–Kier alpha value is -2.21. The van der Waals surface area contributed by atoms with Crippen molar-refractivity contribution in [3.63, 3.8) is 0 Å². The summed E-state index contributed by atoms with van der Waals surface area (Å²) in [6.45, 7) is 6.79. The highest BCUT2D eigenvalue weighted by atomic mass is 16.5. The summed E-state index contributed by atoms with van der Waals surface area (Å²) in [6.07, 6.45) is 0.693. The number of carbonyl (C=O) groups is 1. The van der Waals surface area contributed by atoms with Crippen LogP contribution in [0.2, 0.25) is 0 Å². The Morgan fingerprint density at radius 3 is 2.71 bits per heavy atom. The lowest BCUT2D eigenvalue weighted by Gasteiger charge is -2.27. The van der Waals surface area contributed by atoms with Gasteiger partial charge in [-0.25, -0.2) is 0 Å². The van der Waals surface area contributed by atoms with Crippen LogP contribution in [0.25, 0.3) is 0 Å². The number of amides is 1. The number of fused-ring (bicyclic) bond motifs is 1. The average molecular weight is 328 g/mol. The maximum atomic E-state index is 12.8. The quantitative estimate of drug-likeness (QED) is 0.882. The van der Waals surface area contributed by atoms with Crippen LogP contribution >= 0.6 is 0 Å². The molecular weight excluding hydrogens is 304 g/mol. The Balaban J connectivity index is 1.85. The number of nitrogens with one attached hydrogen (secondary N) is 1. The first kappa shape index (κ1) is 16.6. The second-order valence-corrected chi connectivity index (χ2v) is 6.72. The van der Waals surface area contributed by atoms with Gasteiger partial charge in [0.25, 0.3) is 5.91 Å². The highest BCUT2D eigenvalue weighted by Gasteiger charge is 2.37. The molecule has 0 bridgehead atoms. The van der Waals surface area contributed by atoms with Crippen LogP contribution in [-0.2, 0) is 13.0 Å². The molecule has 1 amide bonds. The van der Waals surface area contributed by atoms with E-state index in [1.165, 1.54) is 0 Å². The van der Waals surface area contributed by atoms with Gasteiger partial charge in [0, 0.05) is 24.6 Å². The number of rotatable bonds is 6. The van der Waals surface area contributed by atoms with Crippen molar-refractivity contribution in [3.8, 4) is 0 Å². The summed E-state index contributed by atoms with van der Waals surface area (Å²) in [7, 11) is 1.91. The molecule has 1 unspecified atom stereocenters. The van der Waals surface area contributed by atoms with Crippen molar-refractivity contribution in [2.24, 2.45) is 5.92 Å². The molecule has 0 radical (unpaired) electrons. The fraction of sp³-hybridized carbons (Fsp3) is 0.500. The van der Waals surface area contributed by atoms with Crippen molar-refractivity contribution >= 4 is 5.91 Å². The monoisotopic (exact) mass is 328 g/mol. The second kappa shape index (κ2) is 6.73. The van der Waals surface area contributed by atoms with E-state index in [9.17, 15) is 4.79 Å². The summed E-state index contributed by atoms with van der Waals surface area (Å²) in [5, 5.41) is 7.25. The van der Waals surface area contributed by atoms with Crippen LogP contribution in [0.5, 0.6) is 0 Å². The van der Waals surface area contributed by atoms with Gasteiger partial charge in [0.05, 0.1) is 0 Å². The normalized spacial score (nSPS) is 16.5. The van der Waals surface area contributed by atoms with Gasteiger partial charge in [-0.1, -0.05) is 37.2 Å². The number of hydrogen-bond acceptors (Lipinski definition) is 5. The maximum absolute atomic E-state index is 12.8. The third-order valence-electron chi connectivity index (χ3n) is 4.53. The van der Waals surface area contributed by atoms with Gasteiger partial charge < -0.3 is 14.7 Å². The van der Waals surface area contributed by atoms with Crippen LogP contribution < -0.4 is 5.32 Å². The van der Waals surface area contributed by atoms with Gasteiger partial charge in [-0.3, -0.25) is 4.79 Å². The summed E-state index contributed by atoms with van der Waals surface area (Å²) >= 11 is 0. The van der Waals surface area contributed by atoms with Crippen molar-refractivity contribution < 1.29 is 9.32 Å². The molecule has 0 saturated heterocycles. The molecule has 0 saturated carbocycles. The van der Waals surface area contributed by atoms with E-state index < -0.39 is 0 Å². The van der Waals surface area contributed by atoms with E-state index in [4.69, 9.17) is 4.52 Å². The van der Waals surface area contributed by atoms with Crippen LogP contribution in [0.4, 0.5) is 0 Å². The molecule has 0 aliphatic carbocycles. The molecule has 2 heterocycles. The largest absolute Gasteiger partial charge is 0.337 e. The summed E-state index contributed by atoms with van der Waals surface area (Å²) in [6, 6.07) is 7.79. The predicted octanol–water partition coefficient (Wildman–Crippen LogP) is 2.57. The molecule has 1 aromatic carbocycles. The first-order valence-corrected chi connectivity index (χ1v) is 8.40. The minimum atomic E-state index is -0.212. The second-order valence-electron chi connectivity index (χ2n) is 6.72. The molecule has 1 N–H and O–H groups in total. The van der Waals surface area contributed by atoms with Crippen LogP contribution in [0, 0.1) is 5.92 Å². The van der Waals surface area contributed by atoms with Crippen molar-refractivity contribution in [1.29, 1.82) is 0 Å². The molecular formula is C18H24N4O2. The van der Waals surface area contributed by atoms with Gasteiger partial charge in [-0.15, -0.1) is 0 Å². The highest BCUT2D eigenvalue weighted by molar-refractivity contribution is 5.98. The van der Waals surface area contributed by atoms with E-state index in [0.717, 1.165) is 11.1 Å². The van der Waals surface area contributed by atoms with Crippen LogP contribution in [0.15, 0.2) is 28.8 Å². The Morgan fingerprint density at radius 2 is 2.04 bits per heavy atom. The van der Waals surface area contributed by atoms with Gasteiger partial charge in [0.1, 0.15) is 6.04 Å². The van der Waals surface area contributed by atoms with Gasteiger partial charge in [-0.05, 0) is 31.5 Å². The molecule has 1 aromatic heterocycles. The predicted molar refractivity (Wildman–Crippen MR) is 90.4 cm³/mol. The lowest BCUT2D eigenvalue weighted by Crippen LogP contribution is -2.32. The number of benzene rings is 1. The van der Waals surface area contributed by atoms with E-state index in [0.29, 0.717) is 24.7 Å². The molecule has 24 heavy (non-hydrogen) atoms. The zero-order valence-electron chi connectivity index (χ0n) is 14.6. The molecule has 6 nitrogen and oxygen atoms in total. The molecule has 1 aliphatic rings. The molecule has 1 aliphatic heterocycles. The van der Waals surface area contributed by atoms with E-state index >= 15 is 0 Å². The molecule has 0 fully saturated rings. The van der Waals surface area contributed by atoms with Gasteiger partial charge in [-0.2, -0.15) is 4.98 Å². The zero-order chi connectivity index (χ0) is 17.3. The summed E-state index contributed by atoms with van der Waals surface area (Å²) in [4.78, 5) is 19.2. The molecule has 128 valence electrons. The van der Waals surface area contributed by atoms with Gasteiger partial charge >= 0.3 is 0 Å². The van der Waals surface area contributed by atoms with Crippen LogP contribution in [0.1, 0.15) is 54.4 Å². The SMILES string of the molecule is CNC(C)Cc1noc([C@@H](C(C)C)N2Cc3ccccc3C2=O)n1. The Bertz CT molecular complexity index is 725. The Morgan fingerprint density at radius 1 is 1.29 bits per heavy atom. The number of nitrogens with zero attached hydrogens (tertiary/aromatic N) is 3. The topological polar surface area (TPSA) is 71.3 Å². The third-order valence-corrected chi connectivity index (χ3v) is 4.53. The standard InChI is InChI=1S/C18H24N4O2/c1-11(2)16(17-20-15(21-24-17)9-12(3)19-4)22-10-13-7-5-6-8-14(13)18(22)23/h5-8,11-12,16,19H,9-10H2,1-4H3/t12?,16-/m1/s1. The van der Waals surface area contributed by atoms with E-state index in [-0.39, 0.29) is 23.9 Å². The fourth-order valence-corrected chi connectivity index (χ4v) is 3.13. The number of aromatic nitrogens is 2. The minimum Gasteiger partial charge on any atom is -0.337 e. The molecule has 0 spiro atoms. The smallest absolute Gasteiger partial charge is 0.255 e. The average Bonchev–Trinajstić information content (AvgIpc) is 3.13. The maximum Gasteiger partial charge on any atom is 0.255 e. The van der Waals surface area contributed by atoms with Crippen LogP contribution in [0.3, 0.4) is 0 Å². The van der Waals surface area contributed by atoms with E-state index in [1.54, 1.807) is 0 Å². The lowest BCUT2D eigenvalue weighted by atomic mass is 10.0. The Kier molecular flexibility index (Phi) is 4.66. The molecule has 6 heteroatoms. The summed E-state index contributed by atoms with van der Waals surface area (Å²) < 4.78 is 5.51. The summed E-state index contributed by atoms with van der Waals surface area (Å²) in [5.74, 6) is 1.40. The molecule has 2 atom stereocenters. The summed E-state index contributed by atoms with van der Waals surface area (Å²) in [5.41, 5.74) is 1.82. The fourth-order valence-electron chi connectivity index (χ4n) is 3.13. The third kappa shape index (κ3) is 3.06. The minimum absolute atomic E-state index is 0.0349. The van der Waals surface area contributed by atoms with E-state index in [2.05, 4.69) is 36.2 Å². The van der Waals surface area contributed by atoms with E-state index in [1.807, 2.05) is 36.2 Å². The molecule has 2 aromatic rings.